The first-order chi connectivity index (χ1) is 15.1. The van der Waals surface area contributed by atoms with Gasteiger partial charge in [0.1, 0.15) is 17.0 Å². The van der Waals surface area contributed by atoms with E-state index in [2.05, 4.69) is 0 Å². The van der Waals surface area contributed by atoms with Crippen molar-refractivity contribution in [1.29, 1.82) is 0 Å². The lowest BCUT2D eigenvalue weighted by Crippen LogP contribution is -2.36. The van der Waals surface area contributed by atoms with Crippen LogP contribution in [0.5, 0.6) is 11.5 Å². The highest BCUT2D eigenvalue weighted by molar-refractivity contribution is 7.90. The Morgan fingerprint density at radius 3 is 2.53 bits per heavy atom. The quantitative estimate of drug-likeness (QED) is 0.277. The van der Waals surface area contributed by atoms with Crippen molar-refractivity contribution in [2.24, 2.45) is 0 Å². The van der Waals surface area contributed by atoms with Crippen LogP contribution in [0.3, 0.4) is 0 Å². The molecule has 1 amide bonds. The fourth-order valence-corrected chi connectivity index (χ4v) is 4.81. The number of benzene rings is 2. The molecule has 0 unspecified atom stereocenters. The number of methoxy groups -OCH3 is 1. The van der Waals surface area contributed by atoms with E-state index in [9.17, 15) is 27.9 Å². The predicted molar refractivity (Wildman–Crippen MR) is 114 cm³/mol. The maximum Gasteiger partial charge on any atom is 0.341 e. The van der Waals surface area contributed by atoms with Gasteiger partial charge in [0, 0.05) is 0 Å². The Morgan fingerprint density at radius 2 is 1.91 bits per heavy atom. The van der Waals surface area contributed by atoms with Crippen LogP contribution in [0.2, 0.25) is 5.02 Å². The van der Waals surface area contributed by atoms with E-state index in [-0.39, 0.29) is 39.2 Å². The summed E-state index contributed by atoms with van der Waals surface area (Å²) in [4.78, 5) is 37.8. The number of esters is 1. The summed E-state index contributed by atoms with van der Waals surface area (Å²) in [6, 6.07) is 8.16. The Bertz CT molecular complexity index is 1250. The summed E-state index contributed by atoms with van der Waals surface area (Å²) in [6.45, 7) is 0.588. The Kier molecular flexibility index (Phi) is 6.56. The molecule has 0 saturated carbocycles. The van der Waals surface area contributed by atoms with Gasteiger partial charge in [0.15, 0.2) is 17.3 Å². The zero-order valence-electron chi connectivity index (χ0n) is 17.0. The third kappa shape index (κ3) is 4.19. The van der Waals surface area contributed by atoms with Gasteiger partial charge in [-0.3, -0.25) is 9.59 Å². The van der Waals surface area contributed by atoms with Gasteiger partial charge in [-0.2, -0.15) is 0 Å². The first kappa shape index (κ1) is 23.3. The fraction of sp³-hybridized carbons (Fsp3) is 0.190. The third-order valence-electron chi connectivity index (χ3n) is 4.58. The molecule has 1 heterocycles. The van der Waals surface area contributed by atoms with Crippen LogP contribution in [0, 0.1) is 0 Å². The number of hydrogen-bond donors (Lipinski definition) is 1. The van der Waals surface area contributed by atoms with E-state index in [1.807, 2.05) is 0 Å². The second kappa shape index (κ2) is 9.01. The Hall–Kier alpha value is -3.37. The van der Waals surface area contributed by atoms with Crippen LogP contribution in [0.4, 0.5) is 0 Å². The van der Waals surface area contributed by atoms with Gasteiger partial charge in [-0.15, -0.1) is 0 Å². The summed E-state index contributed by atoms with van der Waals surface area (Å²) in [5.41, 5.74) is -0.355. The van der Waals surface area contributed by atoms with Crippen LogP contribution in [0.1, 0.15) is 22.8 Å². The van der Waals surface area contributed by atoms with Crippen LogP contribution < -0.4 is 4.74 Å². The Labute approximate surface area is 188 Å². The summed E-state index contributed by atoms with van der Waals surface area (Å²) >= 11 is 5.95. The lowest BCUT2D eigenvalue weighted by Gasteiger charge is -2.15. The van der Waals surface area contributed by atoms with E-state index in [0.717, 1.165) is 6.08 Å². The number of fused-ring (bicyclic) bond motifs is 1. The molecule has 9 nitrogen and oxygen atoms in total. The standard InChI is InChI=1S/C21H18ClNO8S/c1-3-31-21(27)14(8-12-9-15(22)19(25)17(10-12)30-2)16(24)11-23-20(26)13-6-4-5-7-18(13)32(23,28)29/h4-10,25H,3,11H2,1-2H3/b14-8-. The van der Waals surface area contributed by atoms with Crippen LogP contribution in [0.15, 0.2) is 46.9 Å². The highest BCUT2D eigenvalue weighted by atomic mass is 35.5. The number of sulfonamides is 1. The zero-order chi connectivity index (χ0) is 23.6. The molecule has 0 atom stereocenters. The fourth-order valence-electron chi connectivity index (χ4n) is 3.06. The van der Waals surface area contributed by atoms with Gasteiger partial charge in [-0.25, -0.2) is 17.5 Å². The number of hydrogen-bond acceptors (Lipinski definition) is 8. The van der Waals surface area contributed by atoms with Gasteiger partial charge in [-0.1, -0.05) is 23.7 Å². The van der Waals surface area contributed by atoms with Gasteiger partial charge < -0.3 is 14.6 Å². The van der Waals surface area contributed by atoms with Gasteiger partial charge in [0.2, 0.25) is 0 Å². The number of nitrogens with zero attached hydrogens (tertiary/aromatic N) is 1. The summed E-state index contributed by atoms with van der Waals surface area (Å²) in [5.74, 6) is -3.18. The topological polar surface area (TPSA) is 127 Å². The molecule has 0 aliphatic carbocycles. The maximum atomic E-state index is 13.0. The summed E-state index contributed by atoms with van der Waals surface area (Å²) < 4.78 is 35.8. The number of amides is 1. The van der Waals surface area contributed by atoms with E-state index in [4.69, 9.17) is 21.1 Å². The van der Waals surface area contributed by atoms with Crippen LogP contribution >= 0.6 is 11.6 Å². The zero-order valence-corrected chi connectivity index (χ0v) is 18.6. The lowest BCUT2D eigenvalue weighted by atomic mass is 10.1. The molecular weight excluding hydrogens is 462 g/mol. The number of aromatic hydroxyl groups is 1. The molecule has 0 saturated heterocycles. The first-order valence-corrected chi connectivity index (χ1v) is 11.1. The van der Waals surface area contributed by atoms with E-state index < -0.39 is 39.8 Å². The van der Waals surface area contributed by atoms with Gasteiger partial charge in [-0.05, 0) is 42.8 Å². The molecule has 168 valence electrons. The van der Waals surface area contributed by atoms with Crippen molar-refractivity contribution < 1.29 is 37.4 Å². The molecule has 11 heteroatoms. The minimum atomic E-state index is -4.25. The van der Waals surface area contributed by atoms with Gasteiger partial charge in [0.05, 0.1) is 24.3 Å². The van der Waals surface area contributed by atoms with Crippen molar-refractivity contribution in [3.8, 4) is 11.5 Å². The number of Topliss-reactive ketones (excluding diaryl/α,β-unsaturated/α-hetero) is 1. The number of ether oxygens (including phenoxy) is 2. The minimum Gasteiger partial charge on any atom is -0.503 e. The molecule has 0 aromatic heterocycles. The third-order valence-corrected chi connectivity index (χ3v) is 6.65. The van der Waals surface area contributed by atoms with Crippen molar-refractivity contribution in [2.75, 3.05) is 20.3 Å². The van der Waals surface area contributed by atoms with Crippen LogP contribution in [-0.2, 0) is 24.3 Å². The predicted octanol–water partition coefficient (Wildman–Crippen LogP) is 2.41. The average molecular weight is 480 g/mol. The molecule has 0 bridgehead atoms. The average Bonchev–Trinajstić information content (AvgIpc) is 2.95. The number of carbonyl (C=O) groups excluding carboxylic acids is 3. The molecule has 1 N–H and O–H groups in total. The van der Waals surface area contributed by atoms with E-state index >= 15 is 0 Å². The second-order valence-electron chi connectivity index (χ2n) is 6.57. The number of rotatable bonds is 7. The number of ketones is 1. The molecule has 1 aliphatic heterocycles. The molecule has 0 radical (unpaired) electrons. The largest absolute Gasteiger partial charge is 0.503 e. The summed E-state index contributed by atoms with van der Waals surface area (Å²) in [6.07, 6.45) is 1.12. The summed E-state index contributed by atoms with van der Waals surface area (Å²) in [5, 5.41) is 9.78. The molecule has 32 heavy (non-hydrogen) atoms. The smallest absolute Gasteiger partial charge is 0.341 e. The second-order valence-corrected chi connectivity index (χ2v) is 8.81. The molecule has 0 spiro atoms. The van der Waals surface area contributed by atoms with Gasteiger partial charge >= 0.3 is 5.97 Å². The van der Waals surface area contributed by atoms with Crippen molar-refractivity contribution in [1.82, 2.24) is 4.31 Å². The highest BCUT2D eigenvalue weighted by Gasteiger charge is 2.42. The minimum absolute atomic E-state index is 0.00726. The first-order valence-electron chi connectivity index (χ1n) is 9.26. The van der Waals surface area contributed by atoms with E-state index in [0.29, 0.717) is 4.31 Å². The monoisotopic (exact) mass is 479 g/mol. The molecular formula is C21H18ClNO8S. The lowest BCUT2D eigenvalue weighted by molar-refractivity contribution is -0.139. The normalized spacial score (nSPS) is 14.8. The Balaban J connectivity index is 2.00. The molecule has 2 aromatic carbocycles. The van der Waals surface area contributed by atoms with E-state index in [1.54, 1.807) is 0 Å². The van der Waals surface area contributed by atoms with Crippen molar-refractivity contribution in [3.05, 3.63) is 58.1 Å². The highest BCUT2D eigenvalue weighted by Crippen LogP contribution is 2.36. The molecule has 1 aliphatic rings. The number of phenolic OH excluding ortho intramolecular Hbond substituents is 1. The molecule has 0 fully saturated rings. The van der Waals surface area contributed by atoms with Crippen molar-refractivity contribution in [3.63, 3.8) is 0 Å². The Morgan fingerprint density at radius 1 is 1.22 bits per heavy atom. The van der Waals surface area contributed by atoms with Crippen molar-refractivity contribution in [2.45, 2.75) is 11.8 Å². The van der Waals surface area contributed by atoms with Crippen molar-refractivity contribution >= 4 is 45.4 Å². The summed E-state index contributed by atoms with van der Waals surface area (Å²) in [7, 11) is -2.96. The number of halogens is 1. The SMILES string of the molecule is CCOC(=O)/C(=C\c1cc(Cl)c(O)c(OC)c1)C(=O)CN1C(=O)c2ccccc2S1(=O)=O. The van der Waals surface area contributed by atoms with E-state index in [1.165, 1.54) is 50.4 Å². The molecule has 3 rings (SSSR count). The molecule has 2 aromatic rings. The van der Waals surface area contributed by atoms with Gasteiger partial charge in [0.25, 0.3) is 15.9 Å². The maximum absolute atomic E-state index is 13.0. The van der Waals surface area contributed by atoms with Crippen LogP contribution in [-0.4, -0.2) is 55.8 Å². The number of phenols is 1. The number of carbonyl (C=O) groups is 3. The van der Waals surface area contributed by atoms with Crippen LogP contribution in [0.25, 0.3) is 6.08 Å².